The summed E-state index contributed by atoms with van der Waals surface area (Å²) in [6.07, 6.45) is -1.13. The van der Waals surface area contributed by atoms with Crippen LogP contribution in [0, 0.1) is 0 Å². The van der Waals surface area contributed by atoms with Gasteiger partial charge in [-0.05, 0) is 0 Å². The van der Waals surface area contributed by atoms with Gasteiger partial charge in [0.1, 0.15) is 0 Å². The summed E-state index contributed by atoms with van der Waals surface area (Å²) in [5.74, 6) is -0.471. The Hall–Kier alpha value is -0.650. The van der Waals surface area contributed by atoms with E-state index in [1.54, 1.807) is 0 Å². The molecule has 5 nitrogen and oxygen atoms in total. The molecule has 3 atom stereocenters. The van der Waals surface area contributed by atoms with Crippen molar-refractivity contribution in [3.05, 3.63) is 0 Å². The van der Waals surface area contributed by atoms with Crippen LogP contribution < -0.4 is 0 Å². The number of hydrogen-bond acceptors (Lipinski definition) is 5. The van der Waals surface area contributed by atoms with E-state index >= 15 is 0 Å². The van der Waals surface area contributed by atoms with E-state index in [1.807, 2.05) is 0 Å². The summed E-state index contributed by atoms with van der Waals surface area (Å²) >= 11 is 0. The number of aliphatic hydroxyl groups excluding tert-OH is 1. The lowest BCUT2D eigenvalue weighted by Crippen LogP contribution is -2.41. The van der Waals surface area contributed by atoms with Crippen molar-refractivity contribution >= 4 is 5.97 Å². The highest BCUT2D eigenvalue weighted by atomic mass is 16.7. The normalized spacial score (nSPS) is 34.2. The van der Waals surface area contributed by atoms with Gasteiger partial charge >= 0.3 is 5.97 Å². The minimum atomic E-state index is -0.710. The van der Waals surface area contributed by atoms with Gasteiger partial charge < -0.3 is 19.3 Å². The zero-order valence-electron chi connectivity index (χ0n) is 7.73. The summed E-state index contributed by atoms with van der Waals surface area (Å²) in [5.41, 5.74) is 0. The van der Waals surface area contributed by atoms with E-state index in [0.717, 1.165) is 0 Å². The number of rotatable bonds is 2. The van der Waals surface area contributed by atoms with Gasteiger partial charge in [-0.2, -0.15) is 0 Å². The molecule has 0 saturated carbocycles. The lowest BCUT2D eigenvalue weighted by molar-refractivity contribution is -0.214. The Balaban J connectivity index is 2.51. The first-order valence-electron chi connectivity index (χ1n) is 4.11. The summed E-state index contributed by atoms with van der Waals surface area (Å²) in [4.78, 5) is 11.1. The smallest absolute Gasteiger partial charge is 0.335 e. The van der Waals surface area contributed by atoms with Crippen molar-refractivity contribution in [2.24, 2.45) is 0 Å². The molecule has 1 aliphatic rings. The Morgan fingerprint density at radius 1 is 1.46 bits per heavy atom. The van der Waals surface area contributed by atoms with Crippen molar-refractivity contribution in [2.75, 3.05) is 14.2 Å². The quantitative estimate of drug-likeness (QED) is 0.604. The Labute approximate surface area is 76.6 Å². The molecule has 1 heterocycles. The molecule has 1 fully saturated rings. The first-order chi connectivity index (χ1) is 6.17. The van der Waals surface area contributed by atoms with E-state index in [0.29, 0.717) is 6.42 Å². The number of hydrogen-bond donors (Lipinski definition) is 1. The fourth-order valence-corrected chi connectivity index (χ4v) is 1.29. The van der Waals surface area contributed by atoms with Crippen LogP contribution in [0.25, 0.3) is 0 Å². The fraction of sp³-hybridized carbons (Fsp3) is 0.875. The van der Waals surface area contributed by atoms with Gasteiger partial charge in [0.05, 0.1) is 13.2 Å². The zero-order chi connectivity index (χ0) is 9.84. The summed E-state index contributed by atoms with van der Waals surface area (Å²) in [5, 5.41) is 9.36. The maximum absolute atomic E-state index is 11.1. The number of carbonyl (C=O) groups excluding carboxylic acids is 1. The molecule has 1 N–H and O–H groups in total. The molecule has 5 heteroatoms. The molecule has 0 aromatic carbocycles. The predicted octanol–water partition coefficient (Wildman–Crippen LogP) is -0.328. The van der Waals surface area contributed by atoms with Crippen LogP contribution in [0.4, 0.5) is 0 Å². The highest BCUT2D eigenvalue weighted by Crippen LogP contribution is 2.20. The molecule has 0 spiro atoms. The minimum Gasteiger partial charge on any atom is -0.467 e. The van der Waals surface area contributed by atoms with Gasteiger partial charge in [0.15, 0.2) is 12.4 Å². The highest BCUT2D eigenvalue weighted by molar-refractivity contribution is 5.74. The largest absolute Gasteiger partial charge is 0.467 e. The third-order valence-electron chi connectivity index (χ3n) is 1.99. The molecule has 1 aliphatic heterocycles. The first kappa shape index (κ1) is 10.4. The number of methoxy groups -OCH3 is 2. The summed E-state index contributed by atoms with van der Waals surface area (Å²) in [6, 6.07) is 0. The van der Waals surface area contributed by atoms with Gasteiger partial charge in [0.25, 0.3) is 0 Å². The van der Waals surface area contributed by atoms with E-state index in [1.165, 1.54) is 14.2 Å². The predicted molar refractivity (Wildman–Crippen MR) is 42.9 cm³/mol. The van der Waals surface area contributed by atoms with Crippen molar-refractivity contribution in [1.29, 1.82) is 0 Å². The standard InChI is InChI=1S/C8H14O5/c1-11-7-4-5(9)3-6(13-7)8(10)12-2/h5-7,9H,3-4H2,1-2H3/t5-,6+,7-/m1/s1. The molecule has 76 valence electrons. The van der Waals surface area contributed by atoms with Crippen molar-refractivity contribution < 1.29 is 24.1 Å². The fourth-order valence-electron chi connectivity index (χ4n) is 1.29. The highest BCUT2D eigenvalue weighted by Gasteiger charge is 2.33. The van der Waals surface area contributed by atoms with E-state index in [9.17, 15) is 9.90 Å². The first-order valence-corrected chi connectivity index (χ1v) is 4.11. The van der Waals surface area contributed by atoms with E-state index in [4.69, 9.17) is 9.47 Å². The van der Waals surface area contributed by atoms with E-state index < -0.39 is 24.5 Å². The molecule has 0 aliphatic carbocycles. The third kappa shape index (κ3) is 2.65. The van der Waals surface area contributed by atoms with Crippen LogP contribution >= 0.6 is 0 Å². The van der Waals surface area contributed by atoms with E-state index in [-0.39, 0.29) is 6.42 Å². The topological polar surface area (TPSA) is 65.0 Å². The lowest BCUT2D eigenvalue weighted by Gasteiger charge is -2.30. The van der Waals surface area contributed by atoms with Crippen LogP contribution in [-0.2, 0) is 19.0 Å². The number of aliphatic hydroxyl groups is 1. The molecule has 0 aromatic heterocycles. The third-order valence-corrected chi connectivity index (χ3v) is 1.99. The van der Waals surface area contributed by atoms with Gasteiger partial charge in [0, 0.05) is 20.0 Å². The van der Waals surface area contributed by atoms with Crippen molar-refractivity contribution in [3.63, 3.8) is 0 Å². The van der Waals surface area contributed by atoms with Crippen molar-refractivity contribution in [1.82, 2.24) is 0 Å². The Kier molecular flexibility index (Phi) is 3.65. The summed E-state index contributed by atoms with van der Waals surface area (Å²) in [7, 11) is 2.76. The molecular formula is C8H14O5. The van der Waals surface area contributed by atoms with Crippen LogP contribution in [-0.4, -0.2) is 43.8 Å². The van der Waals surface area contributed by atoms with E-state index in [2.05, 4.69) is 4.74 Å². The number of ether oxygens (including phenoxy) is 3. The van der Waals surface area contributed by atoms with Crippen LogP contribution in [0.5, 0.6) is 0 Å². The van der Waals surface area contributed by atoms with Gasteiger partial charge in [-0.15, -0.1) is 0 Å². The second-order valence-electron chi connectivity index (χ2n) is 2.94. The second kappa shape index (κ2) is 4.55. The Morgan fingerprint density at radius 2 is 2.15 bits per heavy atom. The molecule has 0 aromatic rings. The monoisotopic (exact) mass is 190 g/mol. The van der Waals surface area contributed by atoms with Gasteiger partial charge in [-0.25, -0.2) is 4.79 Å². The number of carbonyl (C=O) groups is 1. The molecular weight excluding hydrogens is 176 g/mol. The number of esters is 1. The van der Waals surface area contributed by atoms with Crippen LogP contribution in [0.3, 0.4) is 0 Å². The summed E-state index contributed by atoms with van der Waals surface area (Å²) < 4.78 is 14.6. The maximum Gasteiger partial charge on any atom is 0.335 e. The van der Waals surface area contributed by atoms with Crippen LogP contribution in [0.1, 0.15) is 12.8 Å². The molecule has 1 rings (SSSR count). The van der Waals surface area contributed by atoms with Crippen LogP contribution in [0.2, 0.25) is 0 Å². The van der Waals surface area contributed by atoms with Crippen molar-refractivity contribution in [2.45, 2.75) is 31.3 Å². The molecule has 0 radical (unpaired) electrons. The molecule has 1 saturated heterocycles. The zero-order valence-corrected chi connectivity index (χ0v) is 7.73. The average Bonchev–Trinajstić information content (AvgIpc) is 2.15. The summed E-state index contributed by atoms with van der Waals surface area (Å²) in [6.45, 7) is 0. The maximum atomic E-state index is 11.1. The molecule has 0 amide bonds. The lowest BCUT2D eigenvalue weighted by atomic mass is 10.1. The SMILES string of the molecule is COC(=O)[C@@H]1C[C@@H](O)C[C@H](OC)O1. The van der Waals surface area contributed by atoms with Crippen molar-refractivity contribution in [3.8, 4) is 0 Å². The van der Waals surface area contributed by atoms with Gasteiger partial charge in [-0.1, -0.05) is 0 Å². The Bertz CT molecular complexity index is 181. The average molecular weight is 190 g/mol. The molecule has 13 heavy (non-hydrogen) atoms. The molecule has 0 unspecified atom stereocenters. The van der Waals surface area contributed by atoms with Gasteiger partial charge in [-0.3, -0.25) is 0 Å². The van der Waals surface area contributed by atoms with Crippen LogP contribution in [0.15, 0.2) is 0 Å². The minimum absolute atomic E-state index is 0.270. The second-order valence-corrected chi connectivity index (χ2v) is 2.94. The Morgan fingerprint density at radius 3 is 2.69 bits per heavy atom. The molecule has 0 bridgehead atoms. The van der Waals surface area contributed by atoms with Gasteiger partial charge in [0.2, 0.25) is 0 Å².